The average Bonchev–Trinajstić information content (AvgIpc) is 3.26. The number of carbonyl (C=O) groups excluding carboxylic acids is 1. The van der Waals surface area contributed by atoms with E-state index >= 15 is 0 Å². The Kier molecular flexibility index (Phi) is 9.54. The van der Waals surface area contributed by atoms with Crippen LogP contribution in [0.5, 0.6) is 11.5 Å². The number of carbonyl (C=O) groups is 1. The highest BCUT2D eigenvalue weighted by Crippen LogP contribution is 2.36. The normalized spacial score (nSPS) is 14.9. The van der Waals surface area contributed by atoms with E-state index < -0.39 is 12.0 Å². The van der Waals surface area contributed by atoms with Crippen LogP contribution in [0, 0.1) is 0 Å². The lowest BCUT2D eigenvalue weighted by Crippen LogP contribution is -2.40. The highest BCUT2D eigenvalue weighted by Gasteiger charge is 2.35. The van der Waals surface area contributed by atoms with Crippen molar-refractivity contribution < 1.29 is 19.0 Å². The molecule has 2 heterocycles. The Labute approximate surface area is 266 Å². The van der Waals surface area contributed by atoms with Crippen LogP contribution >= 0.6 is 38.9 Å². The topological polar surface area (TPSA) is 79.1 Å². The number of thiazole rings is 1. The first-order valence-corrected chi connectivity index (χ1v) is 15.8. The van der Waals surface area contributed by atoms with Crippen molar-refractivity contribution in [2.75, 3.05) is 6.61 Å². The zero-order chi connectivity index (χ0) is 30.7. The molecule has 0 aliphatic carbocycles. The van der Waals surface area contributed by atoms with Gasteiger partial charge in [-0.1, -0.05) is 69.2 Å². The number of allylic oxidation sites excluding steroid dienone is 1. The van der Waals surface area contributed by atoms with Gasteiger partial charge in [0.1, 0.15) is 24.1 Å². The molecule has 0 fully saturated rings. The summed E-state index contributed by atoms with van der Waals surface area (Å²) in [6.45, 7) is 7.87. The molecule has 0 saturated carbocycles. The third-order valence-corrected chi connectivity index (χ3v) is 8.35. The molecule has 0 N–H and O–H groups in total. The molecule has 1 aliphatic heterocycles. The molecule has 0 amide bonds. The smallest absolute Gasteiger partial charge is 0.338 e. The van der Waals surface area contributed by atoms with Gasteiger partial charge in [0.05, 0.1) is 28.5 Å². The summed E-state index contributed by atoms with van der Waals surface area (Å²) in [5.74, 6) is 0.660. The summed E-state index contributed by atoms with van der Waals surface area (Å²) < 4.78 is 20.5. The minimum absolute atomic E-state index is 0.116. The lowest BCUT2D eigenvalue weighted by Gasteiger charge is -2.26. The van der Waals surface area contributed by atoms with E-state index in [1.807, 2.05) is 80.6 Å². The van der Waals surface area contributed by atoms with Crippen LogP contribution in [0.2, 0.25) is 5.02 Å². The fraction of sp³-hybridized carbons (Fsp3) is 0.242. The minimum Gasteiger partial charge on any atom is -0.491 e. The zero-order valence-electron chi connectivity index (χ0n) is 24.1. The fourth-order valence-electron chi connectivity index (χ4n) is 4.85. The van der Waals surface area contributed by atoms with E-state index in [-0.39, 0.29) is 18.3 Å². The molecule has 1 aliphatic rings. The number of halogens is 2. The Hall–Kier alpha value is -3.66. The third-order valence-electron chi connectivity index (χ3n) is 6.64. The van der Waals surface area contributed by atoms with Gasteiger partial charge in [0.2, 0.25) is 0 Å². The lowest BCUT2D eigenvalue weighted by molar-refractivity contribution is -0.139. The van der Waals surface area contributed by atoms with Gasteiger partial charge in [-0.25, -0.2) is 9.79 Å². The summed E-state index contributed by atoms with van der Waals surface area (Å²) in [4.78, 5) is 32.7. The SMILES string of the molecule is CCOC(=O)C1=C(C)N=c2s/c(=C\c3cc(Br)ccc3OCc3cccc(Cl)c3)c(=O)n2[C@H]1c1ccccc1OC(C)C. The molecule has 43 heavy (non-hydrogen) atoms. The molecular weight excluding hydrogens is 652 g/mol. The first kappa shape index (κ1) is 30.8. The summed E-state index contributed by atoms with van der Waals surface area (Å²) in [6.07, 6.45) is 1.67. The Morgan fingerprint density at radius 2 is 1.91 bits per heavy atom. The predicted molar refractivity (Wildman–Crippen MR) is 173 cm³/mol. The van der Waals surface area contributed by atoms with Gasteiger partial charge in [0.25, 0.3) is 5.56 Å². The zero-order valence-corrected chi connectivity index (χ0v) is 27.3. The summed E-state index contributed by atoms with van der Waals surface area (Å²) in [5, 5.41) is 0.630. The van der Waals surface area contributed by atoms with Crippen LogP contribution in [0.1, 0.15) is 50.4 Å². The van der Waals surface area contributed by atoms with Crippen molar-refractivity contribution in [2.24, 2.45) is 4.99 Å². The van der Waals surface area contributed by atoms with Crippen molar-refractivity contribution in [3.05, 3.63) is 124 Å². The third kappa shape index (κ3) is 6.79. The second-order valence-corrected chi connectivity index (χ2v) is 12.5. The van der Waals surface area contributed by atoms with Gasteiger partial charge in [0.15, 0.2) is 4.80 Å². The van der Waals surface area contributed by atoms with Gasteiger partial charge in [-0.3, -0.25) is 9.36 Å². The molecular formula is C33H30BrClN2O5S. The number of aromatic nitrogens is 1. The van der Waals surface area contributed by atoms with Crippen LogP contribution in [-0.2, 0) is 16.1 Å². The highest BCUT2D eigenvalue weighted by atomic mass is 79.9. The Morgan fingerprint density at radius 3 is 2.65 bits per heavy atom. The molecule has 0 saturated heterocycles. The number of para-hydroxylation sites is 1. The van der Waals surface area contributed by atoms with E-state index in [1.165, 1.54) is 11.3 Å². The van der Waals surface area contributed by atoms with Gasteiger partial charge in [-0.2, -0.15) is 0 Å². The molecule has 0 unspecified atom stereocenters. The maximum Gasteiger partial charge on any atom is 0.338 e. The van der Waals surface area contributed by atoms with E-state index in [0.717, 1.165) is 10.0 Å². The van der Waals surface area contributed by atoms with Gasteiger partial charge in [0, 0.05) is 20.6 Å². The van der Waals surface area contributed by atoms with E-state index in [9.17, 15) is 9.59 Å². The summed E-state index contributed by atoms with van der Waals surface area (Å²) in [7, 11) is 0. The molecule has 222 valence electrons. The number of hydrogen-bond acceptors (Lipinski definition) is 7. The van der Waals surface area contributed by atoms with Crippen molar-refractivity contribution in [3.8, 4) is 11.5 Å². The molecule has 0 radical (unpaired) electrons. The van der Waals surface area contributed by atoms with E-state index in [0.29, 0.717) is 54.9 Å². The monoisotopic (exact) mass is 680 g/mol. The Balaban J connectivity index is 1.65. The number of esters is 1. The van der Waals surface area contributed by atoms with E-state index in [1.54, 1.807) is 24.5 Å². The van der Waals surface area contributed by atoms with Gasteiger partial charge in [-0.05, 0) is 75.7 Å². The van der Waals surface area contributed by atoms with Crippen LogP contribution in [0.25, 0.3) is 6.08 Å². The number of ether oxygens (including phenoxy) is 3. The average molecular weight is 682 g/mol. The summed E-state index contributed by atoms with van der Waals surface area (Å²) in [6, 6.07) is 19.7. The molecule has 5 rings (SSSR count). The molecule has 0 bridgehead atoms. The van der Waals surface area contributed by atoms with Gasteiger partial charge in [-0.15, -0.1) is 0 Å². The second-order valence-electron chi connectivity index (χ2n) is 10.1. The van der Waals surface area contributed by atoms with E-state index in [2.05, 4.69) is 15.9 Å². The summed E-state index contributed by atoms with van der Waals surface area (Å²) in [5.41, 5.74) is 2.81. The molecule has 3 aromatic carbocycles. The minimum atomic E-state index is -0.784. The maximum absolute atomic E-state index is 14.2. The molecule has 7 nitrogen and oxygen atoms in total. The first-order valence-electron chi connectivity index (χ1n) is 13.8. The summed E-state index contributed by atoms with van der Waals surface area (Å²) >= 11 is 10.9. The van der Waals surface area contributed by atoms with Crippen molar-refractivity contribution in [1.29, 1.82) is 0 Å². The molecule has 4 aromatic rings. The number of rotatable bonds is 9. The van der Waals surface area contributed by atoms with Crippen molar-refractivity contribution in [3.63, 3.8) is 0 Å². The Bertz CT molecular complexity index is 1900. The second kappa shape index (κ2) is 13.3. The standard InChI is InChI=1S/C33H30BrClN2O5S/c1-5-40-32(39)29-20(4)36-33-37(30(29)25-11-6-7-12-27(25)42-19(2)3)31(38)28(43-33)17-22-16-23(34)13-14-26(22)41-18-21-9-8-10-24(35)15-21/h6-17,19,30H,5,18H2,1-4H3/b28-17-/t30-/m0/s1. The van der Waals surface area contributed by atoms with Gasteiger partial charge >= 0.3 is 5.97 Å². The first-order chi connectivity index (χ1) is 20.7. The van der Waals surface area contributed by atoms with E-state index in [4.69, 9.17) is 30.8 Å². The molecule has 0 spiro atoms. The lowest BCUT2D eigenvalue weighted by atomic mass is 9.95. The van der Waals surface area contributed by atoms with Crippen LogP contribution in [-0.4, -0.2) is 23.2 Å². The van der Waals surface area contributed by atoms with Crippen LogP contribution in [0.4, 0.5) is 0 Å². The van der Waals surface area contributed by atoms with Crippen LogP contribution in [0.15, 0.2) is 92.3 Å². The Morgan fingerprint density at radius 1 is 1.12 bits per heavy atom. The largest absolute Gasteiger partial charge is 0.491 e. The number of benzene rings is 3. The maximum atomic E-state index is 14.2. The molecule has 10 heteroatoms. The number of hydrogen-bond donors (Lipinski definition) is 0. The highest BCUT2D eigenvalue weighted by molar-refractivity contribution is 9.10. The van der Waals surface area contributed by atoms with Crippen LogP contribution in [0.3, 0.4) is 0 Å². The van der Waals surface area contributed by atoms with Crippen molar-refractivity contribution >= 4 is 50.9 Å². The molecule has 1 atom stereocenters. The van der Waals surface area contributed by atoms with Crippen molar-refractivity contribution in [1.82, 2.24) is 4.57 Å². The number of fused-ring (bicyclic) bond motifs is 1. The molecule has 1 aromatic heterocycles. The van der Waals surface area contributed by atoms with Crippen molar-refractivity contribution in [2.45, 2.75) is 46.4 Å². The van der Waals surface area contributed by atoms with Crippen LogP contribution < -0.4 is 24.4 Å². The van der Waals surface area contributed by atoms with Gasteiger partial charge < -0.3 is 14.2 Å². The predicted octanol–water partition coefficient (Wildman–Crippen LogP) is 6.58. The number of nitrogens with zero attached hydrogens (tertiary/aromatic N) is 2. The fourth-order valence-corrected chi connectivity index (χ4v) is 6.48. The quantitative estimate of drug-likeness (QED) is 0.187.